The largest absolute Gasteiger partial charge is 0.478 e. The maximum absolute atomic E-state index is 11.5. The van der Waals surface area contributed by atoms with Crippen LogP contribution in [0.1, 0.15) is 29.5 Å². The van der Waals surface area contributed by atoms with E-state index in [9.17, 15) is 9.90 Å². The van der Waals surface area contributed by atoms with E-state index in [1.165, 1.54) is 0 Å². The van der Waals surface area contributed by atoms with Crippen molar-refractivity contribution in [2.24, 2.45) is 0 Å². The van der Waals surface area contributed by atoms with Gasteiger partial charge in [0, 0.05) is 11.4 Å². The van der Waals surface area contributed by atoms with Crippen LogP contribution in [0, 0.1) is 0 Å². The number of tetrazole rings is 1. The summed E-state index contributed by atoms with van der Waals surface area (Å²) in [5, 5.41) is 21.7. The van der Waals surface area contributed by atoms with Gasteiger partial charge in [-0.15, -0.1) is 5.10 Å². The van der Waals surface area contributed by atoms with Gasteiger partial charge in [-0.1, -0.05) is 30.7 Å². The molecule has 24 heavy (non-hydrogen) atoms. The number of benzene rings is 2. The molecule has 0 spiro atoms. The molecule has 0 aliphatic heterocycles. The number of carboxylic acid groups (broad SMARTS) is 1. The van der Waals surface area contributed by atoms with Crippen LogP contribution in [0.3, 0.4) is 0 Å². The molecule has 6 nitrogen and oxygen atoms in total. The molecule has 0 aliphatic carbocycles. The molecule has 7 heteroatoms. The van der Waals surface area contributed by atoms with E-state index in [0.29, 0.717) is 23.0 Å². The van der Waals surface area contributed by atoms with Gasteiger partial charge in [0.1, 0.15) is 0 Å². The van der Waals surface area contributed by atoms with Gasteiger partial charge >= 0.3 is 5.97 Å². The second-order valence-electron chi connectivity index (χ2n) is 5.34. The second kappa shape index (κ2) is 6.80. The molecule has 0 radical (unpaired) electrons. The van der Waals surface area contributed by atoms with Crippen LogP contribution in [0.5, 0.6) is 0 Å². The molecule has 1 N–H and O–H groups in total. The first-order chi connectivity index (χ1) is 11.6. The van der Waals surface area contributed by atoms with Gasteiger partial charge in [0.05, 0.1) is 11.3 Å². The number of halogens is 1. The first-order valence-corrected chi connectivity index (χ1v) is 7.88. The van der Waals surface area contributed by atoms with Crippen molar-refractivity contribution in [1.29, 1.82) is 0 Å². The third kappa shape index (κ3) is 3.28. The molecule has 122 valence electrons. The van der Waals surface area contributed by atoms with Crippen LogP contribution >= 0.6 is 11.6 Å². The van der Waals surface area contributed by atoms with Crippen molar-refractivity contribution in [2.75, 3.05) is 0 Å². The molecule has 0 unspecified atom stereocenters. The van der Waals surface area contributed by atoms with E-state index in [-0.39, 0.29) is 5.56 Å². The zero-order valence-corrected chi connectivity index (χ0v) is 13.7. The summed E-state index contributed by atoms with van der Waals surface area (Å²) in [5.74, 6) is -0.306. The van der Waals surface area contributed by atoms with Crippen molar-refractivity contribution in [3.63, 3.8) is 0 Å². The standard InChI is InChI=1S/C17H15ClN4O2/c1-2-3-16-19-20-21-22(16)15-9-12(8-13(10-15)17(23)24)11-4-6-14(18)7-5-11/h4-10H,2-3H2,1H3,(H,23,24). The van der Waals surface area contributed by atoms with Gasteiger partial charge in [-0.2, -0.15) is 4.68 Å². The summed E-state index contributed by atoms with van der Waals surface area (Å²) in [6.45, 7) is 2.03. The predicted molar refractivity (Wildman–Crippen MR) is 90.6 cm³/mol. The van der Waals surface area contributed by atoms with Gasteiger partial charge in [-0.25, -0.2) is 4.79 Å². The summed E-state index contributed by atoms with van der Waals surface area (Å²) in [6.07, 6.45) is 1.60. The Hall–Kier alpha value is -2.73. The molecular formula is C17H15ClN4O2. The summed E-state index contributed by atoms with van der Waals surface area (Å²) >= 11 is 5.92. The molecule has 0 bridgehead atoms. The second-order valence-corrected chi connectivity index (χ2v) is 5.77. The number of aryl methyl sites for hydroxylation is 1. The van der Waals surface area contributed by atoms with Crippen LogP contribution in [0.4, 0.5) is 0 Å². The summed E-state index contributed by atoms with van der Waals surface area (Å²) in [6, 6.07) is 12.3. The summed E-state index contributed by atoms with van der Waals surface area (Å²) in [7, 11) is 0. The topological polar surface area (TPSA) is 80.9 Å². The van der Waals surface area contributed by atoms with E-state index >= 15 is 0 Å². The molecule has 3 rings (SSSR count). The Morgan fingerprint density at radius 2 is 1.92 bits per heavy atom. The lowest BCUT2D eigenvalue weighted by molar-refractivity contribution is 0.0697. The van der Waals surface area contributed by atoms with E-state index in [0.717, 1.165) is 17.5 Å². The average molecular weight is 343 g/mol. The summed E-state index contributed by atoms with van der Waals surface area (Å²) in [5.41, 5.74) is 2.43. The maximum Gasteiger partial charge on any atom is 0.335 e. The van der Waals surface area contributed by atoms with Gasteiger partial charge in [0.25, 0.3) is 0 Å². The molecule has 0 atom stereocenters. The van der Waals surface area contributed by atoms with E-state index in [1.807, 2.05) is 25.1 Å². The highest BCUT2D eigenvalue weighted by Gasteiger charge is 2.13. The monoisotopic (exact) mass is 342 g/mol. The summed E-state index contributed by atoms with van der Waals surface area (Å²) < 4.78 is 1.58. The van der Waals surface area contributed by atoms with Crippen molar-refractivity contribution < 1.29 is 9.90 Å². The SMILES string of the molecule is CCCc1nnnn1-c1cc(C(=O)O)cc(-c2ccc(Cl)cc2)c1. The first-order valence-electron chi connectivity index (χ1n) is 7.50. The van der Waals surface area contributed by atoms with E-state index < -0.39 is 5.97 Å². The number of aromatic carboxylic acids is 1. The van der Waals surface area contributed by atoms with E-state index in [1.54, 1.807) is 28.9 Å². The molecule has 1 heterocycles. The smallest absolute Gasteiger partial charge is 0.335 e. The van der Waals surface area contributed by atoms with E-state index in [2.05, 4.69) is 15.5 Å². The third-order valence-electron chi connectivity index (χ3n) is 3.59. The minimum atomic E-state index is -1.00. The van der Waals surface area contributed by atoms with Crippen LogP contribution in [0.2, 0.25) is 5.02 Å². The van der Waals surface area contributed by atoms with Gasteiger partial charge in [0.2, 0.25) is 0 Å². The average Bonchev–Trinajstić information content (AvgIpc) is 3.04. The zero-order valence-electron chi connectivity index (χ0n) is 13.0. The van der Waals surface area contributed by atoms with Gasteiger partial charge in [-0.3, -0.25) is 0 Å². The molecule has 0 saturated heterocycles. The van der Waals surface area contributed by atoms with Crippen LogP contribution in [0.15, 0.2) is 42.5 Å². The van der Waals surface area contributed by atoms with Gasteiger partial charge in [0.15, 0.2) is 5.82 Å². The van der Waals surface area contributed by atoms with Gasteiger partial charge in [-0.05, 0) is 58.3 Å². The van der Waals surface area contributed by atoms with Crippen LogP contribution in [-0.4, -0.2) is 31.3 Å². The molecule has 0 aliphatic rings. The van der Waals surface area contributed by atoms with Crippen molar-refractivity contribution in [2.45, 2.75) is 19.8 Å². The number of carbonyl (C=O) groups is 1. The van der Waals surface area contributed by atoms with Crippen molar-refractivity contribution in [3.05, 3.63) is 58.9 Å². The van der Waals surface area contributed by atoms with Crippen LogP contribution in [0.25, 0.3) is 16.8 Å². The lowest BCUT2D eigenvalue weighted by atomic mass is 10.0. The van der Waals surface area contributed by atoms with E-state index in [4.69, 9.17) is 11.6 Å². The zero-order chi connectivity index (χ0) is 17.1. The number of nitrogens with zero attached hydrogens (tertiary/aromatic N) is 4. The Morgan fingerprint density at radius 1 is 1.17 bits per heavy atom. The highest BCUT2D eigenvalue weighted by molar-refractivity contribution is 6.30. The Morgan fingerprint density at radius 3 is 2.58 bits per heavy atom. The molecule has 2 aromatic carbocycles. The fourth-order valence-electron chi connectivity index (χ4n) is 2.45. The number of hydrogen-bond donors (Lipinski definition) is 1. The van der Waals surface area contributed by atoms with Crippen molar-refractivity contribution in [3.8, 4) is 16.8 Å². The van der Waals surface area contributed by atoms with Crippen LogP contribution < -0.4 is 0 Å². The number of hydrogen-bond acceptors (Lipinski definition) is 4. The molecule has 3 aromatic rings. The Labute approximate surface area is 143 Å². The van der Waals surface area contributed by atoms with Crippen molar-refractivity contribution >= 4 is 17.6 Å². The fraction of sp³-hybridized carbons (Fsp3) is 0.176. The minimum absolute atomic E-state index is 0.176. The third-order valence-corrected chi connectivity index (χ3v) is 3.85. The Kier molecular flexibility index (Phi) is 4.57. The number of aromatic nitrogens is 4. The normalized spacial score (nSPS) is 10.8. The summed E-state index contributed by atoms with van der Waals surface area (Å²) in [4.78, 5) is 11.5. The molecule has 0 fully saturated rings. The lowest BCUT2D eigenvalue weighted by Crippen LogP contribution is -2.06. The highest BCUT2D eigenvalue weighted by atomic mass is 35.5. The minimum Gasteiger partial charge on any atom is -0.478 e. The lowest BCUT2D eigenvalue weighted by Gasteiger charge is -2.09. The Balaban J connectivity index is 2.14. The molecule has 1 aromatic heterocycles. The molecular weight excluding hydrogens is 328 g/mol. The Bertz CT molecular complexity index is 875. The highest BCUT2D eigenvalue weighted by Crippen LogP contribution is 2.26. The predicted octanol–water partition coefficient (Wildman–Crippen LogP) is 3.63. The molecule has 0 amide bonds. The van der Waals surface area contributed by atoms with Gasteiger partial charge < -0.3 is 5.11 Å². The number of carboxylic acids is 1. The van der Waals surface area contributed by atoms with Crippen molar-refractivity contribution in [1.82, 2.24) is 20.2 Å². The quantitative estimate of drug-likeness (QED) is 0.765. The molecule has 0 saturated carbocycles. The van der Waals surface area contributed by atoms with Crippen LogP contribution in [-0.2, 0) is 6.42 Å². The maximum atomic E-state index is 11.5. The fourth-order valence-corrected chi connectivity index (χ4v) is 2.58. The first kappa shape index (κ1) is 16.1. The number of rotatable bonds is 5.